The molecule has 0 saturated heterocycles. The van der Waals surface area contributed by atoms with Crippen LogP contribution in [-0.2, 0) is 14.6 Å². The Bertz CT molecular complexity index is 604. The summed E-state index contributed by atoms with van der Waals surface area (Å²) >= 11 is 0. The average molecular weight is 253 g/mol. The van der Waals surface area contributed by atoms with Crippen LogP contribution >= 0.6 is 0 Å². The lowest BCUT2D eigenvalue weighted by molar-refractivity contribution is -0.137. The van der Waals surface area contributed by atoms with E-state index in [1.807, 2.05) is 0 Å². The van der Waals surface area contributed by atoms with Crippen LogP contribution in [0.3, 0.4) is 0 Å². The molecule has 5 nitrogen and oxygen atoms in total. The molecule has 0 spiro atoms. The number of carboxylic acid groups (broad SMARTS) is 1. The van der Waals surface area contributed by atoms with E-state index in [0.717, 1.165) is 5.41 Å². The zero-order chi connectivity index (χ0) is 12.6. The van der Waals surface area contributed by atoms with Gasteiger partial charge in [0.25, 0.3) is 0 Å². The summed E-state index contributed by atoms with van der Waals surface area (Å²) in [4.78, 5) is 10.8. The number of benzene rings is 1. The molecule has 1 heterocycles. The van der Waals surface area contributed by atoms with Gasteiger partial charge in [0.2, 0.25) is 0 Å². The standard InChI is InChI=1S/C11H11NO4S/c12-9(6-11(13)14)7-1-2-10-8(5-7)3-4-17(10,15)16/h1-5,9H,6,12H2,(H,13,14). The maximum Gasteiger partial charge on any atom is 0.305 e. The molecule has 1 aromatic carbocycles. The Labute approximate surface area is 98.5 Å². The highest BCUT2D eigenvalue weighted by Crippen LogP contribution is 2.29. The van der Waals surface area contributed by atoms with E-state index in [9.17, 15) is 13.2 Å². The van der Waals surface area contributed by atoms with E-state index < -0.39 is 21.8 Å². The van der Waals surface area contributed by atoms with Gasteiger partial charge in [0.05, 0.1) is 11.3 Å². The molecule has 90 valence electrons. The Morgan fingerprint density at radius 1 is 1.41 bits per heavy atom. The molecule has 1 aliphatic rings. The van der Waals surface area contributed by atoms with Crippen molar-refractivity contribution in [3.05, 3.63) is 34.7 Å². The highest BCUT2D eigenvalue weighted by molar-refractivity contribution is 7.94. The van der Waals surface area contributed by atoms with Crippen molar-refractivity contribution in [2.45, 2.75) is 17.4 Å². The van der Waals surface area contributed by atoms with Gasteiger partial charge in [-0.3, -0.25) is 4.79 Å². The molecule has 1 aromatic rings. The molecular formula is C11H11NO4S. The maximum absolute atomic E-state index is 11.5. The van der Waals surface area contributed by atoms with Crippen LogP contribution in [0.5, 0.6) is 0 Å². The molecule has 0 amide bonds. The number of carboxylic acids is 1. The van der Waals surface area contributed by atoms with Gasteiger partial charge in [-0.25, -0.2) is 8.42 Å². The van der Waals surface area contributed by atoms with Gasteiger partial charge in [-0.1, -0.05) is 6.07 Å². The van der Waals surface area contributed by atoms with Gasteiger partial charge in [0.15, 0.2) is 9.84 Å². The Kier molecular flexibility index (Phi) is 2.76. The van der Waals surface area contributed by atoms with Crippen molar-refractivity contribution < 1.29 is 18.3 Å². The van der Waals surface area contributed by atoms with Crippen LogP contribution in [0.15, 0.2) is 28.5 Å². The van der Waals surface area contributed by atoms with Crippen molar-refractivity contribution in [3.63, 3.8) is 0 Å². The monoisotopic (exact) mass is 253 g/mol. The first-order valence-electron chi connectivity index (χ1n) is 4.94. The van der Waals surface area contributed by atoms with Crippen molar-refractivity contribution in [1.29, 1.82) is 0 Å². The third-order valence-corrected chi connectivity index (χ3v) is 4.07. The van der Waals surface area contributed by atoms with Crippen LogP contribution < -0.4 is 5.73 Å². The smallest absolute Gasteiger partial charge is 0.305 e. The first-order valence-corrected chi connectivity index (χ1v) is 6.49. The first kappa shape index (κ1) is 11.8. The minimum absolute atomic E-state index is 0.185. The summed E-state index contributed by atoms with van der Waals surface area (Å²) in [6.07, 6.45) is 1.30. The molecule has 0 aliphatic carbocycles. The lowest BCUT2D eigenvalue weighted by Gasteiger charge is -2.10. The summed E-state index contributed by atoms with van der Waals surface area (Å²) in [5.74, 6) is -0.985. The molecule has 17 heavy (non-hydrogen) atoms. The fraction of sp³-hybridized carbons (Fsp3) is 0.182. The van der Waals surface area contributed by atoms with E-state index in [1.165, 1.54) is 12.1 Å². The van der Waals surface area contributed by atoms with Crippen LogP contribution in [0.25, 0.3) is 6.08 Å². The Balaban J connectivity index is 2.36. The summed E-state index contributed by atoms with van der Waals surface area (Å²) in [5, 5.41) is 9.76. The first-order chi connectivity index (χ1) is 7.90. The largest absolute Gasteiger partial charge is 0.481 e. The number of aliphatic carboxylic acids is 1. The summed E-state index contributed by atoms with van der Waals surface area (Å²) in [6, 6.07) is 4.00. The second-order valence-corrected chi connectivity index (χ2v) is 5.65. The number of rotatable bonds is 3. The molecule has 2 rings (SSSR count). The number of fused-ring (bicyclic) bond motifs is 1. The van der Waals surface area contributed by atoms with E-state index in [1.54, 1.807) is 12.1 Å². The summed E-state index contributed by atoms with van der Waals surface area (Å²) < 4.78 is 23.0. The highest BCUT2D eigenvalue weighted by Gasteiger charge is 2.21. The molecule has 1 unspecified atom stereocenters. The van der Waals surface area contributed by atoms with E-state index >= 15 is 0 Å². The van der Waals surface area contributed by atoms with E-state index in [-0.39, 0.29) is 11.3 Å². The van der Waals surface area contributed by atoms with E-state index in [0.29, 0.717) is 11.1 Å². The number of sulfone groups is 1. The van der Waals surface area contributed by atoms with Gasteiger partial charge in [-0.05, 0) is 29.3 Å². The molecule has 6 heteroatoms. The minimum atomic E-state index is -3.31. The van der Waals surface area contributed by atoms with Crippen molar-refractivity contribution in [2.75, 3.05) is 0 Å². The third-order valence-electron chi connectivity index (χ3n) is 2.59. The zero-order valence-electron chi connectivity index (χ0n) is 8.83. The molecule has 0 saturated carbocycles. The van der Waals surface area contributed by atoms with E-state index in [2.05, 4.69) is 0 Å². The molecule has 0 fully saturated rings. The van der Waals surface area contributed by atoms with Crippen molar-refractivity contribution in [3.8, 4) is 0 Å². The SMILES string of the molecule is NC(CC(=O)O)c1ccc2c(c1)C=CS2(=O)=O. The summed E-state index contributed by atoms with van der Waals surface area (Å²) in [7, 11) is -3.31. The van der Waals surface area contributed by atoms with Crippen LogP contribution in [-0.4, -0.2) is 19.5 Å². The quantitative estimate of drug-likeness (QED) is 0.834. The minimum Gasteiger partial charge on any atom is -0.481 e. The predicted octanol–water partition coefficient (Wildman–Crippen LogP) is 0.919. The lowest BCUT2D eigenvalue weighted by atomic mass is 10.0. The summed E-state index contributed by atoms with van der Waals surface area (Å²) in [5.41, 5.74) is 6.88. The average Bonchev–Trinajstić information content (AvgIpc) is 2.53. The van der Waals surface area contributed by atoms with Gasteiger partial charge in [-0.15, -0.1) is 0 Å². The second kappa shape index (κ2) is 3.97. The molecule has 1 aliphatic heterocycles. The number of nitrogens with two attached hydrogens (primary N) is 1. The number of carbonyl (C=O) groups is 1. The highest BCUT2D eigenvalue weighted by atomic mass is 32.2. The van der Waals surface area contributed by atoms with Crippen molar-refractivity contribution >= 4 is 21.9 Å². The third kappa shape index (κ3) is 2.22. The normalized spacial score (nSPS) is 17.7. The van der Waals surface area contributed by atoms with Crippen molar-refractivity contribution in [2.24, 2.45) is 5.73 Å². The number of hydrogen-bond acceptors (Lipinski definition) is 4. The van der Waals surface area contributed by atoms with Gasteiger partial charge < -0.3 is 10.8 Å². The van der Waals surface area contributed by atoms with Crippen molar-refractivity contribution in [1.82, 2.24) is 0 Å². The lowest BCUT2D eigenvalue weighted by Crippen LogP contribution is -2.15. The van der Waals surface area contributed by atoms with Gasteiger partial charge in [0, 0.05) is 11.4 Å². The summed E-state index contributed by atoms with van der Waals surface area (Å²) in [6.45, 7) is 0. The Morgan fingerprint density at radius 3 is 2.76 bits per heavy atom. The van der Waals surface area contributed by atoms with Crippen LogP contribution in [0.4, 0.5) is 0 Å². The van der Waals surface area contributed by atoms with Crippen LogP contribution in [0, 0.1) is 0 Å². The molecule has 1 atom stereocenters. The maximum atomic E-state index is 11.5. The van der Waals surface area contributed by atoms with Gasteiger partial charge in [0.1, 0.15) is 0 Å². The van der Waals surface area contributed by atoms with E-state index in [4.69, 9.17) is 10.8 Å². The Morgan fingerprint density at radius 2 is 2.12 bits per heavy atom. The number of hydrogen-bond donors (Lipinski definition) is 2. The fourth-order valence-corrected chi connectivity index (χ4v) is 2.91. The second-order valence-electron chi connectivity index (χ2n) is 3.85. The molecule has 3 N–H and O–H groups in total. The van der Waals surface area contributed by atoms with Gasteiger partial charge in [-0.2, -0.15) is 0 Å². The van der Waals surface area contributed by atoms with Crippen LogP contribution in [0.2, 0.25) is 0 Å². The van der Waals surface area contributed by atoms with Gasteiger partial charge >= 0.3 is 5.97 Å². The molecule has 0 radical (unpaired) electrons. The molecular weight excluding hydrogens is 242 g/mol. The fourth-order valence-electron chi connectivity index (χ4n) is 1.73. The Hall–Kier alpha value is -1.66. The van der Waals surface area contributed by atoms with Crippen LogP contribution in [0.1, 0.15) is 23.6 Å². The molecule has 0 aromatic heterocycles. The zero-order valence-corrected chi connectivity index (χ0v) is 9.65. The predicted molar refractivity (Wildman–Crippen MR) is 61.8 cm³/mol. The molecule has 0 bridgehead atoms. The topological polar surface area (TPSA) is 97.5 Å².